The second-order valence-corrected chi connectivity index (χ2v) is 4.39. The number of amides is 1. The first kappa shape index (κ1) is 12.8. The summed E-state index contributed by atoms with van der Waals surface area (Å²) in [5.41, 5.74) is -0.753. The Morgan fingerprint density at radius 2 is 2.12 bits per heavy atom. The first-order valence-corrected chi connectivity index (χ1v) is 6.01. The van der Waals surface area contributed by atoms with Crippen LogP contribution >= 0.6 is 0 Å². The molecule has 0 N–H and O–H groups in total. The van der Waals surface area contributed by atoms with Crippen molar-refractivity contribution >= 4 is 5.91 Å². The maximum Gasteiger partial charge on any atom is 0.243 e. The predicted molar refractivity (Wildman–Crippen MR) is 63.6 cm³/mol. The lowest BCUT2D eigenvalue weighted by molar-refractivity contribution is -0.139. The van der Waals surface area contributed by atoms with Crippen molar-refractivity contribution in [2.24, 2.45) is 5.41 Å². The van der Waals surface area contributed by atoms with Crippen LogP contribution in [0.3, 0.4) is 0 Å². The lowest BCUT2D eigenvalue weighted by Crippen LogP contribution is -2.44. The summed E-state index contributed by atoms with van der Waals surface area (Å²) in [7, 11) is 0. The van der Waals surface area contributed by atoms with Crippen LogP contribution in [0.2, 0.25) is 0 Å². The average Bonchev–Trinajstić information content (AvgIpc) is 2.36. The molecule has 3 heteroatoms. The van der Waals surface area contributed by atoms with Crippen molar-refractivity contribution in [1.29, 1.82) is 5.26 Å². The van der Waals surface area contributed by atoms with Gasteiger partial charge in [-0.1, -0.05) is 25.3 Å². The van der Waals surface area contributed by atoms with E-state index in [2.05, 4.69) is 12.6 Å². The number of rotatable bonds is 4. The number of hydrogen-bond acceptors (Lipinski definition) is 2. The number of likely N-dealkylation sites (N-methyl/N-ethyl adjacent to an activating group) is 1. The van der Waals surface area contributed by atoms with Crippen LogP contribution in [0.5, 0.6) is 0 Å². The fourth-order valence-corrected chi connectivity index (χ4v) is 2.34. The van der Waals surface area contributed by atoms with Gasteiger partial charge in [-0.3, -0.25) is 4.79 Å². The summed E-state index contributed by atoms with van der Waals surface area (Å²) in [4.78, 5) is 14.1. The third-order valence-corrected chi connectivity index (χ3v) is 3.35. The van der Waals surface area contributed by atoms with Gasteiger partial charge in [0.15, 0.2) is 0 Å². The summed E-state index contributed by atoms with van der Waals surface area (Å²) in [5, 5.41) is 9.30. The summed E-state index contributed by atoms with van der Waals surface area (Å²) >= 11 is 0. The number of carbonyl (C=O) groups is 1. The third-order valence-electron chi connectivity index (χ3n) is 3.35. The highest BCUT2D eigenvalue weighted by atomic mass is 16.2. The fourth-order valence-electron chi connectivity index (χ4n) is 2.34. The molecular weight excluding hydrogens is 200 g/mol. The van der Waals surface area contributed by atoms with Gasteiger partial charge in [-0.05, 0) is 19.8 Å². The molecular formula is C13H20N2O. The van der Waals surface area contributed by atoms with Gasteiger partial charge in [-0.15, -0.1) is 6.58 Å². The second kappa shape index (κ2) is 5.69. The summed E-state index contributed by atoms with van der Waals surface area (Å²) in [6.45, 7) is 6.78. The molecule has 1 saturated carbocycles. The molecule has 0 saturated heterocycles. The molecule has 0 aromatic heterocycles. The quantitative estimate of drug-likeness (QED) is 0.683. The molecule has 1 amide bonds. The van der Waals surface area contributed by atoms with Crippen molar-refractivity contribution in [3.8, 4) is 6.07 Å². The summed E-state index contributed by atoms with van der Waals surface area (Å²) in [6.07, 6.45) is 6.28. The van der Waals surface area contributed by atoms with Crippen LogP contribution in [0.15, 0.2) is 12.7 Å². The van der Waals surface area contributed by atoms with E-state index in [1.807, 2.05) is 6.92 Å². The van der Waals surface area contributed by atoms with Gasteiger partial charge in [0, 0.05) is 13.1 Å². The molecule has 0 aromatic rings. The SMILES string of the molecule is C=CCN(CC)C(=O)C1(C#N)CCCCC1. The number of nitriles is 1. The van der Waals surface area contributed by atoms with Gasteiger partial charge < -0.3 is 4.90 Å². The number of nitrogens with zero attached hydrogens (tertiary/aromatic N) is 2. The molecule has 1 aliphatic rings. The highest BCUT2D eigenvalue weighted by Crippen LogP contribution is 2.37. The van der Waals surface area contributed by atoms with E-state index in [0.29, 0.717) is 13.1 Å². The lowest BCUT2D eigenvalue weighted by atomic mass is 9.74. The Bertz CT molecular complexity index is 298. The average molecular weight is 220 g/mol. The van der Waals surface area contributed by atoms with Gasteiger partial charge in [0.2, 0.25) is 5.91 Å². The zero-order chi connectivity index (χ0) is 12.0. The first-order valence-electron chi connectivity index (χ1n) is 6.01. The van der Waals surface area contributed by atoms with Crippen LogP contribution in [-0.2, 0) is 4.79 Å². The minimum atomic E-state index is -0.753. The molecule has 0 spiro atoms. The highest BCUT2D eigenvalue weighted by Gasteiger charge is 2.41. The number of carbonyl (C=O) groups excluding carboxylic acids is 1. The van der Waals surface area contributed by atoms with Crippen LogP contribution in [0.4, 0.5) is 0 Å². The largest absolute Gasteiger partial charge is 0.338 e. The summed E-state index contributed by atoms with van der Waals surface area (Å²) in [6, 6.07) is 2.26. The topological polar surface area (TPSA) is 44.1 Å². The third kappa shape index (κ3) is 2.44. The minimum Gasteiger partial charge on any atom is -0.338 e. The Kier molecular flexibility index (Phi) is 4.54. The fraction of sp³-hybridized carbons (Fsp3) is 0.692. The van der Waals surface area contributed by atoms with E-state index in [1.165, 1.54) is 0 Å². The smallest absolute Gasteiger partial charge is 0.243 e. The van der Waals surface area contributed by atoms with Crippen molar-refractivity contribution < 1.29 is 4.79 Å². The van der Waals surface area contributed by atoms with Crippen molar-refractivity contribution in [2.45, 2.75) is 39.0 Å². The van der Waals surface area contributed by atoms with E-state index in [4.69, 9.17) is 0 Å². The van der Waals surface area contributed by atoms with Crippen LogP contribution < -0.4 is 0 Å². The molecule has 3 nitrogen and oxygen atoms in total. The Morgan fingerprint density at radius 3 is 2.56 bits per heavy atom. The van der Waals surface area contributed by atoms with E-state index >= 15 is 0 Å². The van der Waals surface area contributed by atoms with E-state index in [-0.39, 0.29) is 5.91 Å². The minimum absolute atomic E-state index is 0.00269. The molecule has 1 aliphatic carbocycles. The zero-order valence-corrected chi connectivity index (χ0v) is 10.0. The van der Waals surface area contributed by atoms with E-state index in [1.54, 1.807) is 11.0 Å². The molecule has 0 radical (unpaired) electrons. The van der Waals surface area contributed by atoms with Crippen molar-refractivity contribution in [1.82, 2.24) is 4.90 Å². The summed E-state index contributed by atoms with van der Waals surface area (Å²) in [5.74, 6) is -0.00269. The molecule has 0 aromatic carbocycles. The lowest BCUT2D eigenvalue weighted by Gasteiger charge is -2.34. The van der Waals surface area contributed by atoms with Gasteiger partial charge in [0.05, 0.1) is 6.07 Å². The molecule has 88 valence electrons. The molecule has 16 heavy (non-hydrogen) atoms. The van der Waals surface area contributed by atoms with Crippen molar-refractivity contribution in [2.75, 3.05) is 13.1 Å². The molecule has 0 heterocycles. The monoisotopic (exact) mass is 220 g/mol. The van der Waals surface area contributed by atoms with Crippen molar-refractivity contribution in [3.63, 3.8) is 0 Å². The highest BCUT2D eigenvalue weighted by molar-refractivity contribution is 5.85. The Labute approximate surface area is 97.7 Å². The van der Waals surface area contributed by atoms with Crippen LogP contribution in [-0.4, -0.2) is 23.9 Å². The molecule has 1 rings (SSSR count). The normalized spacial score (nSPS) is 18.5. The zero-order valence-electron chi connectivity index (χ0n) is 10.0. The van der Waals surface area contributed by atoms with E-state index in [9.17, 15) is 10.1 Å². The van der Waals surface area contributed by atoms with Gasteiger partial charge in [0.25, 0.3) is 0 Å². The maximum absolute atomic E-state index is 12.3. The van der Waals surface area contributed by atoms with Gasteiger partial charge in [-0.25, -0.2) is 0 Å². The van der Waals surface area contributed by atoms with Crippen LogP contribution in [0.1, 0.15) is 39.0 Å². The summed E-state index contributed by atoms with van der Waals surface area (Å²) < 4.78 is 0. The molecule has 0 unspecified atom stereocenters. The Morgan fingerprint density at radius 1 is 1.50 bits per heavy atom. The maximum atomic E-state index is 12.3. The Hall–Kier alpha value is -1.30. The van der Waals surface area contributed by atoms with Crippen molar-refractivity contribution in [3.05, 3.63) is 12.7 Å². The van der Waals surface area contributed by atoms with E-state index < -0.39 is 5.41 Å². The van der Waals surface area contributed by atoms with Gasteiger partial charge >= 0.3 is 0 Å². The molecule has 0 aliphatic heterocycles. The standard InChI is InChI=1S/C13H20N2O/c1-3-10-15(4-2)12(16)13(11-14)8-6-5-7-9-13/h3H,1,4-10H2,2H3. The molecule has 0 atom stereocenters. The van der Waals surface area contributed by atoms with Gasteiger partial charge in [0.1, 0.15) is 5.41 Å². The Balaban J connectivity index is 2.82. The predicted octanol–water partition coefficient (Wildman–Crippen LogP) is 2.49. The van der Waals surface area contributed by atoms with Crippen LogP contribution in [0, 0.1) is 16.7 Å². The second-order valence-electron chi connectivity index (χ2n) is 4.39. The van der Waals surface area contributed by atoms with Gasteiger partial charge in [-0.2, -0.15) is 5.26 Å². The number of hydrogen-bond donors (Lipinski definition) is 0. The first-order chi connectivity index (χ1) is 7.70. The van der Waals surface area contributed by atoms with E-state index in [0.717, 1.165) is 32.1 Å². The molecule has 0 bridgehead atoms. The molecule has 1 fully saturated rings. The van der Waals surface area contributed by atoms with Crippen LogP contribution in [0.25, 0.3) is 0 Å².